The fourth-order valence-electron chi connectivity index (χ4n) is 3.96. The number of fused-ring (bicyclic) bond motifs is 1. The lowest BCUT2D eigenvalue weighted by Gasteiger charge is -2.19. The van der Waals surface area contributed by atoms with Gasteiger partial charge in [-0.25, -0.2) is 0 Å². The number of nitrogens with one attached hydrogen (secondary N) is 2. The lowest BCUT2D eigenvalue weighted by Crippen LogP contribution is -2.26. The van der Waals surface area contributed by atoms with Crippen LogP contribution in [-0.2, 0) is 11.2 Å². The molecule has 1 amide bonds. The van der Waals surface area contributed by atoms with Gasteiger partial charge in [-0.15, -0.1) is 0 Å². The molecule has 1 aromatic heterocycles. The summed E-state index contributed by atoms with van der Waals surface area (Å²) in [6.45, 7) is 4.99. The molecule has 3 aromatic rings. The van der Waals surface area contributed by atoms with Gasteiger partial charge in [-0.3, -0.25) is 4.79 Å². The summed E-state index contributed by atoms with van der Waals surface area (Å²) in [7, 11) is 3.26. The fraction of sp³-hybridized carbons (Fsp3) is 0.400. The van der Waals surface area contributed by atoms with E-state index < -0.39 is 0 Å². The number of para-hydroxylation sites is 1. The molecule has 0 saturated carbocycles. The summed E-state index contributed by atoms with van der Waals surface area (Å²) >= 11 is 0. The Morgan fingerprint density at radius 1 is 1.10 bits per heavy atom. The molecule has 2 N–H and O–H groups in total. The van der Waals surface area contributed by atoms with Crippen LogP contribution in [0.15, 0.2) is 42.6 Å². The molecule has 0 bridgehead atoms. The fourth-order valence-corrected chi connectivity index (χ4v) is 3.96. The van der Waals surface area contributed by atoms with Crippen molar-refractivity contribution in [1.82, 2.24) is 10.3 Å². The predicted octanol–water partition coefficient (Wildman–Crippen LogP) is 5.19. The van der Waals surface area contributed by atoms with Crippen molar-refractivity contribution >= 4 is 16.8 Å². The number of aromatic amines is 1. The molecule has 0 radical (unpaired) electrons. The van der Waals surface area contributed by atoms with Crippen LogP contribution in [0.5, 0.6) is 11.5 Å². The quantitative estimate of drug-likeness (QED) is 0.454. The largest absolute Gasteiger partial charge is 0.493 e. The van der Waals surface area contributed by atoms with Crippen molar-refractivity contribution in [3.63, 3.8) is 0 Å². The summed E-state index contributed by atoms with van der Waals surface area (Å²) < 4.78 is 10.9. The van der Waals surface area contributed by atoms with Gasteiger partial charge in [0.15, 0.2) is 11.5 Å². The van der Waals surface area contributed by atoms with E-state index in [9.17, 15) is 4.79 Å². The molecule has 30 heavy (non-hydrogen) atoms. The number of aryl methyl sites for hydroxylation is 1. The highest BCUT2D eigenvalue weighted by Gasteiger charge is 2.23. The van der Waals surface area contributed by atoms with E-state index >= 15 is 0 Å². The van der Waals surface area contributed by atoms with Gasteiger partial charge >= 0.3 is 0 Å². The van der Waals surface area contributed by atoms with E-state index in [1.54, 1.807) is 14.2 Å². The minimum absolute atomic E-state index is 0.0595. The molecule has 0 saturated heterocycles. The first-order valence-corrected chi connectivity index (χ1v) is 10.7. The number of rotatable bonds is 10. The first-order valence-electron chi connectivity index (χ1n) is 10.7. The maximum Gasteiger partial charge on any atom is 0.220 e. The van der Waals surface area contributed by atoms with E-state index in [1.807, 2.05) is 24.4 Å². The van der Waals surface area contributed by atoms with Crippen molar-refractivity contribution in [2.75, 3.05) is 20.8 Å². The van der Waals surface area contributed by atoms with Crippen LogP contribution in [0.1, 0.15) is 55.7 Å². The van der Waals surface area contributed by atoms with Crippen molar-refractivity contribution in [2.45, 2.75) is 45.4 Å². The number of amides is 1. The average molecular weight is 409 g/mol. The number of ether oxygens (including phenoxy) is 2. The predicted molar refractivity (Wildman–Crippen MR) is 122 cm³/mol. The van der Waals surface area contributed by atoms with Gasteiger partial charge in [0.1, 0.15) is 0 Å². The van der Waals surface area contributed by atoms with Crippen molar-refractivity contribution in [1.29, 1.82) is 0 Å². The summed E-state index contributed by atoms with van der Waals surface area (Å²) in [5, 5.41) is 4.22. The van der Waals surface area contributed by atoms with E-state index in [4.69, 9.17) is 9.47 Å². The Hall–Kier alpha value is -2.95. The number of carbonyl (C=O) groups excluding carboxylic acids is 1. The van der Waals surface area contributed by atoms with E-state index in [1.165, 1.54) is 5.56 Å². The molecule has 0 aliphatic carbocycles. The lowest BCUT2D eigenvalue weighted by molar-refractivity contribution is -0.121. The van der Waals surface area contributed by atoms with Crippen LogP contribution in [0.4, 0.5) is 0 Å². The molecular formula is C25H32N2O3. The van der Waals surface area contributed by atoms with E-state index in [0.29, 0.717) is 24.5 Å². The van der Waals surface area contributed by atoms with Gasteiger partial charge in [0.05, 0.1) is 14.2 Å². The Kier molecular flexibility index (Phi) is 7.39. The highest BCUT2D eigenvalue weighted by atomic mass is 16.5. The van der Waals surface area contributed by atoms with Crippen LogP contribution in [0.2, 0.25) is 0 Å². The molecule has 0 fully saturated rings. The van der Waals surface area contributed by atoms with E-state index in [-0.39, 0.29) is 11.8 Å². The van der Waals surface area contributed by atoms with Crippen LogP contribution in [0, 0.1) is 0 Å². The second-order valence-electron chi connectivity index (χ2n) is 7.51. The molecule has 0 spiro atoms. The third kappa shape index (κ3) is 4.61. The molecule has 5 heteroatoms. The maximum absolute atomic E-state index is 12.8. The van der Waals surface area contributed by atoms with Gasteiger partial charge in [0.2, 0.25) is 5.91 Å². The number of methoxy groups -OCH3 is 2. The molecule has 1 unspecified atom stereocenters. The number of carbonyl (C=O) groups is 1. The summed E-state index contributed by atoms with van der Waals surface area (Å²) in [4.78, 5) is 16.2. The Bertz CT molecular complexity index is 993. The molecule has 160 valence electrons. The van der Waals surface area contributed by atoms with Crippen LogP contribution >= 0.6 is 0 Å². The number of hydrogen-bond donors (Lipinski definition) is 2. The summed E-state index contributed by atoms with van der Waals surface area (Å²) in [5.41, 5.74) is 4.57. The summed E-state index contributed by atoms with van der Waals surface area (Å²) in [6.07, 6.45) is 5.42. The number of H-pyrrole nitrogens is 1. The van der Waals surface area contributed by atoms with Crippen LogP contribution in [0.25, 0.3) is 10.9 Å². The number of aromatic nitrogens is 1. The molecule has 0 aliphatic rings. The molecule has 3 rings (SSSR count). The third-order valence-corrected chi connectivity index (χ3v) is 5.64. The molecule has 0 aliphatic heterocycles. The van der Waals surface area contributed by atoms with Crippen molar-refractivity contribution in [2.24, 2.45) is 0 Å². The molecule has 1 heterocycles. The van der Waals surface area contributed by atoms with Crippen LogP contribution in [-0.4, -0.2) is 31.7 Å². The Labute approximate surface area is 178 Å². The van der Waals surface area contributed by atoms with Crippen molar-refractivity contribution in [3.05, 3.63) is 59.3 Å². The minimum Gasteiger partial charge on any atom is -0.493 e. The van der Waals surface area contributed by atoms with Gasteiger partial charge in [0.25, 0.3) is 0 Å². The minimum atomic E-state index is -0.0905. The Balaban J connectivity index is 2.03. The molecule has 2 aromatic carbocycles. The van der Waals surface area contributed by atoms with Gasteiger partial charge in [-0.2, -0.15) is 0 Å². The van der Waals surface area contributed by atoms with Gasteiger partial charge < -0.3 is 19.8 Å². The standard InChI is InChI=1S/C25H32N2O3/c1-5-7-13-26-24(28)15-20(18-11-12-22(29-3)23(14-18)30-4)21-16-27-25-17(6-2)9-8-10-19(21)25/h8-12,14,16,20,27H,5-7,13,15H2,1-4H3,(H,26,28). The van der Waals surface area contributed by atoms with Crippen molar-refractivity contribution < 1.29 is 14.3 Å². The Morgan fingerprint density at radius 2 is 1.90 bits per heavy atom. The lowest BCUT2D eigenvalue weighted by atomic mass is 9.87. The number of hydrogen-bond acceptors (Lipinski definition) is 3. The van der Waals surface area contributed by atoms with Gasteiger partial charge in [-0.05, 0) is 41.7 Å². The summed E-state index contributed by atoms with van der Waals surface area (Å²) in [5.74, 6) is 1.32. The van der Waals surface area contributed by atoms with Gasteiger partial charge in [0, 0.05) is 36.0 Å². The zero-order valence-corrected chi connectivity index (χ0v) is 18.4. The van der Waals surface area contributed by atoms with Crippen molar-refractivity contribution in [3.8, 4) is 11.5 Å². The zero-order valence-electron chi connectivity index (χ0n) is 18.4. The Morgan fingerprint density at radius 3 is 2.60 bits per heavy atom. The first kappa shape index (κ1) is 21.8. The number of benzene rings is 2. The van der Waals surface area contributed by atoms with E-state index in [2.05, 4.69) is 42.3 Å². The second kappa shape index (κ2) is 10.2. The smallest absolute Gasteiger partial charge is 0.220 e. The average Bonchev–Trinajstić information content (AvgIpc) is 3.21. The highest BCUT2D eigenvalue weighted by molar-refractivity contribution is 5.88. The normalized spacial score (nSPS) is 12.0. The SMILES string of the molecule is CCCCNC(=O)CC(c1ccc(OC)c(OC)c1)c1c[nH]c2c(CC)cccc12. The van der Waals surface area contributed by atoms with E-state index in [0.717, 1.165) is 41.3 Å². The monoisotopic (exact) mass is 408 g/mol. The van der Waals surface area contributed by atoms with Crippen LogP contribution < -0.4 is 14.8 Å². The van der Waals surface area contributed by atoms with Gasteiger partial charge in [-0.1, -0.05) is 44.5 Å². The molecular weight excluding hydrogens is 376 g/mol. The second-order valence-corrected chi connectivity index (χ2v) is 7.51. The third-order valence-electron chi connectivity index (χ3n) is 5.64. The summed E-state index contributed by atoms with van der Waals surface area (Å²) in [6, 6.07) is 12.3. The highest BCUT2D eigenvalue weighted by Crippen LogP contribution is 2.38. The molecule has 1 atom stereocenters. The zero-order chi connectivity index (χ0) is 21.5. The first-order chi connectivity index (χ1) is 14.6. The number of unbranched alkanes of at least 4 members (excludes halogenated alkanes) is 1. The van der Waals surface area contributed by atoms with Crippen LogP contribution in [0.3, 0.4) is 0 Å². The molecule has 5 nitrogen and oxygen atoms in total. The maximum atomic E-state index is 12.8. The topological polar surface area (TPSA) is 63.4 Å².